The summed E-state index contributed by atoms with van der Waals surface area (Å²) in [4.78, 5) is 16.7. The molecule has 1 aliphatic heterocycles. The average Bonchev–Trinajstić information content (AvgIpc) is 3.21. The third-order valence-electron chi connectivity index (χ3n) is 5.16. The van der Waals surface area contributed by atoms with Crippen molar-refractivity contribution < 1.29 is 4.79 Å². The topological polar surface area (TPSA) is 121 Å². The predicted octanol–water partition coefficient (Wildman–Crippen LogP) is 1.71. The van der Waals surface area contributed by atoms with Crippen LogP contribution < -0.4 is 15.5 Å². The van der Waals surface area contributed by atoms with Gasteiger partial charge in [-0.3, -0.25) is 15.6 Å². The maximum absolute atomic E-state index is 12.5. The molecule has 0 radical (unpaired) electrons. The fourth-order valence-corrected chi connectivity index (χ4v) is 4.15. The molecule has 1 fully saturated rings. The van der Waals surface area contributed by atoms with E-state index >= 15 is 0 Å². The van der Waals surface area contributed by atoms with Crippen LogP contribution in [-0.4, -0.2) is 71.1 Å². The lowest BCUT2D eigenvalue weighted by Crippen LogP contribution is -2.38. The molecule has 1 aromatic heterocycles. The first kappa shape index (κ1) is 23.7. The molecule has 32 heavy (non-hydrogen) atoms. The molecular formula is C22H30N8OS. The molecule has 2 aromatic rings. The molecule has 0 spiro atoms. The van der Waals surface area contributed by atoms with Crippen LogP contribution in [0.15, 0.2) is 42.6 Å². The number of nitrogens with zero attached hydrogens (tertiary/aromatic N) is 4. The van der Waals surface area contributed by atoms with Gasteiger partial charge in [-0.1, -0.05) is 24.3 Å². The molecule has 0 saturated carbocycles. The summed E-state index contributed by atoms with van der Waals surface area (Å²) in [6, 6.07) is 11.7. The number of carbonyl (C=O) groups excluding carboxylic acids is 1. The number of hydrogen-bond donors (Lipinski definition) is 4. The van der Waals surface area contributed by atoms with E-state index in [4.69, 9.17) is 10.8 Å². The smallest absolute Gasteiger partial charge is 0.230 e. The molecule has 10 heteroatoms. The van der Waals surface area contributed by atoms with Crippen molar-refractivity contribution in [3.05, 3.63) is 53.7 Å². The van der Waals surface area contributed by atoms with Crippen molar-refractivity contribution in [1.29, 1.82) is 10.8 Å². The number of benzene rings is 1. The van der Waals surface area contributed by atoms with Crippen LogP contribution in [0.3, 0.4) is 0 Å². The van der Waals surface area contributed by atoms with Crippen molar-refractivity contribution in [2.45, 2.75) is 25.3 Å². The van der Waals surface area contributed by atoms with Gasteiger partial charge >= 0.3 is 0 Å². The van der Waals surface area contributed by atoms with Crippen LogP contribution in [0, 0.1) is 10.8 Å². The van der Waals surface area contributed by atoms with Gasteiger partial charge in [-0.2, -0.15) is 5.10 Å². The van der Waals surface area contributed by atoms with Crippen LogP contribution in [0.4, 0.5) is 5.82 Å². The van der Waals surface area contributed by atoms with E-state index in [1.54, 1.807) is 6.20 Å². The van der Waals surface area contributed by atoms with Gasteiger partial charge in [-0.05, 0) is 62.0 Å². The third-order valence-corrected chi connectivity index (χ3v) is 5.79. The van der Waals surface area contributed by atoms with Crippen molar-refractivity contribution in [3.8, 4) is 0 Å². The molecule has 2 heterocycles. The van der Waals surface area contributed by atoms with Gasteiger partial charge in [-0.25, -0.2) is 0 Å². The summed E-state index contributed by atoms with van der Waals surface area (Å²) in [6.45, 7) is 2.45. The van der Waals surface area contributed by atoms with Crippen LogP contribution in [0.25, 0.3) is 0 Å². The first-order valence-corrected chi connectivity index (χ1v) is 11.4. The van der Waals surface area contributed by atoms with Crippen LogP contribution in [0.1, 0.15) is 17.5 Å². The Hall–Kier alpha value is -2.98. The standard InChI is InChI=1S/C22H30N8OS/c1-29(2)12-9-16-6-3-4-7-17(16)14-20(31)27-22(24)32-21(23)26-18-10-13-30(15-18)19-8-5-11-25-28-19/h3-8,11,18H,9-10,12-15H2,1-2H3,(H2,23,26)(H2,24,27,31). The molecule has 3 rings (SSSR count). The monoisotopic (exact) mass is 454 g/mol. The fraction of sp³-hybridized carbons (Fsp3) is 0.409. The second-order valence-electron chi connectivity index (χ2n) is 7.97. The highest BCUT2D eigenvalue weighted by atomic mass is 32.2. The number of nitrogens with one attached hydrogen (secondary N) is 4. The minimum atomic E-state index is -0.248. The minimum Gasteiger partial charge on any atom is -0.360 e. The van der Waals surface area contributed by atoms with Crippen molar-refractivity contribution in [3.63, 3.8) is 0 Å². The van der Waals surface area contributed by atoms with E-state index in [-0.39, 0.29) is 28.7 Å². The number of thioether (sulfide) groups is 1. The number of amidine groups is 2. The van der Waals surface area contributed by atoms with Gasteiger partial charge in [-0.15, -0.1) is 5.10 Å². The van der Waals surface area contributed by atoms with Crippen molar-refractivity contribution in [1.82, 2.24) is 25.7 Å². The zero-order chi connectivity index (χ0) is 22.9. The van der Waals surface area contributed by atoms with Crippen molar-refractivity contribution in [2.75, 3.05) is 38.6 Å². The zero-order valence-corrected chi connectivity index (χ0v) is 19.3. The van der Waals surface area contributed by atoms with Crippen LogP contribution >= 0.6 is 11.8 Å². The maximum atomic E-state index is 12.5. The largest absolute Gasteiger partial charge is 0.360 e. The molecule has 0 bridgehead atoms. The van der Waals surface area contributed by atoms with Crippen LogP contribution in [-0.2, 0) is 17.6 Å². The Morgan fingerprint density at radius 3 is 2.69 bits per heavy atom. The number of carbonyl (C=O) groups is 1. The normalized spacial score (nSPS) is 15.6. The van der Waals surface area contributed by atoms with Gasteiger partial charge in [0.2, 0.25) is 5.91 Å². The lowest BCUT2D eigenvalue weighted by atomic mass is 10.0. The number of amides is 1. The third kappa shape index (κ3) is 7.31. The second kappa shape index (κ2) is 11.6. The van der Waals surface area contributed by atoms with Crippen LogP contribution in [0.2, 0.25) is 0 Å². The molecule has 1 aromatic carbocycles. The Morgan fingerprint density at radius 2 is 1.97 bits per heavy atom. The minimum absolute atomic E-state index is 0.0537. The summed E-state index contributed by atoms with van der Waals surface area (Å²) in [5, 5.41) is 30.1. The van der Waals surface area contributed by atoms with E-state index in [0.717, 1.165) is 54.6 Å². The summed E-state index contributed by atoms with van der Waals surface area (Å²) in [5.74, 6) is 0.573. The van der Waals surface area contributed by atoms with E-state index in [9.17, 15) is 4.79 Å². The Labute approximate surface area is 193 Å². The van der Waals surface area contributed by atoms with Crippen molar-refractivity contribution >= 4 is 33.8 Å². The van der Waals surface area contributed by atoms with Gasteiger partial charge in [0.05, 0.1) is 6.42 Å². The number of hydrogen-bond acceptors (Lipinski definition) is 8. The first-order chi connectivity index (χ1) is 15.4. The summed E-state index contributed by atoms with van der Waals surface area (Å²) in [6.07, 6.45) is 3.58. The molecular weight excluding hydrogens is 424 g/mol. The molecule has 170 valence electrons. The number of likely N-dealkylation sites (N-methyl/N-ethyl adjacent to an activating group) is 1. The van der Waals surface area contributed by atoms with Crippen LogP contribution in [0.5, 0.6) is 0 Å². The zero-order valence-electron chi connectivity index (χ0n) is 18.5. The van der Waals surface area contributed by atoms with Gasteiger partial charge in [0.25, 0.3) is 0 Å². The van der Waals surface area contributed by atoms with Gasteiger partial charge < -0.3 is 20.4 Å². The maximum Gasteiger partial charge on any atom is 0.230 e. The number of aromatic nitrogens is 2. The summed E-state index contributed by atoms with van der Waals surface area (Å²) < 4.78 is 0. The lowest BCUT2D eigenvalue weighted by Gasteiger charge is -2.18. The summed E-state index contributed by atoms with van der Waals surface area (Å²) >= 11 is 0.911. The summed E-state index contributed by atoms with van der Waals surface area (Å²) in [7, 11) is 4.05. The van der Waals surface area contributed by atoms with Gasteiger partial charge in [0.15, 0.2) is 16.2 Å². The molecule has 1 amide bonds. The molecule has 9 nitrogen and oxygen atoms in total. The second-order valence-corrected chi connectivity index (χ2v) is 8.99. The van der Waals surface area contributed by atoms with Crippen molar-refractivity contribution in [2.24, 2.45) is 0 Å². The van der Waals surface area contributed by atoms with E-state index in [2.05, 4.69) is 30.6 Å². The molecule has 1 unspecified atom stereocenters. The highest BCUT2D eigenvalue weighted by molar-refractivity contribution is 8.26. The molecule has 4 N–H and O–H groups in total. The highest BCUT2D eigenvalue weighted by Gasteiger charge is 2.24. The quantitative estimate of drug-likeness (QED) is 0.371. The Kier molecular flexibility index (Phi) is 8.57. The Morgan fingerprint density at radius 1 is 1.19 bits per heavy atom. The summed E-state index contributed by atoms with van der Waals surface area (Å²) in [5.41, 5.74) is 2.10. The number of rotatable bonds is 7. The predicted molar refractivity (Wildman–Crippen MR) is 129 cm³/mol. The first-order valence-electron chi connectivity index (χ1n) is 10.6. The Bertz CT molecular complexity index is 937. The van der Waals surface area contributed by atoms with E-state index in [1.165, 1.54) is 0 Å². The number of anilines is 1. The molecule has 1 atom stereocenters. The average molecular weight is 455 g/mol. The molecule has 0 aliphatic carbocycles. The fourth-order valence-electron chi connectivity index (χ4n) is 3.55. The lowest BCUT2D eigenvalue weighted by molar-refractivity contribution is -0.119. The Balaban J connectivity index is 1.43. The molecule has 1 saturated heterocycles. The van der Waals surface area contributed by atoms with E-state index in [1.807, 2.05) is 50.5 Å². The van der Waals surface area contributed by atoms with E-state index < -0.39 is 0 Å². The van der Waals surface area contributed by atoms with Gasteiger partial charge in [0.1, 0.15) is 0 Å². The SMILES string of the molecule is CN(C)CCc1ccccc1CC(=O)NC(=N)SC(=N)NC1CCN(c2cccnn2)C1. The molecule has 1 aliphatic rings. The van der Waals surface area contributed by atoms with Gasteiger partial charge in [0, 0.05) is 31.9 Å². The van der Waals surface area contributed by atoms with E-state index in [0.29, 0.717) is 6.54 Å². The highest BCUT2D eigenvalue weighted by Crippen LogP contribution is 2.17.